The number of aliphatic carboxylic acids is 1. The van der Waals surface area contributed by atoms with Gasteiger partial charge in [-0.15, -0.1) is 0 Å². The van der Waals surface area contributed by atoms with Crippen LogP contribution in [0.25, 0.3) is 0 Å². The number of hydrogen-bond donors (Lipinski definition) is 1. The van der Waals surface area contributed by atoms with Gasteiger partial charge in [-0.25, -0.2) is 0 Å². The smallest absolute Gasteiger partial charge is 0.322 e. The van der Waals surface area contributed by atoms with Crippen molar-refractivity contribution in [3.05, 3.63) is 0 Å². The molecule has 3 rings (SSSR count). The standard InChI is InChI=1S/C7H12N2O2/c10-7(11)6-5-8-1-3-9(6)4-2-8/h6H,1-5H2,(H,10,11)/t6-/m0/s1. The Kier molecular flexibility index (Phi) is 1.58. The quantitative estimate of drug-likeness (QED) is 0.532. The molecule has 62 valence electrons. The molecule has 0 amide bonds. The summed E-state index contributed by atoms with van der Waals surface area (Å²) in [6.45, 7) is 4.66. The molecule has 3 aliphatic heterocycles. The summed E-state index contributed by atoms with van der Waals surface area (Å²) in [6, 6.07) is -0.238. The molecule has 0 radical (unpaired) electrons. The van der Waals surface area contributed by atoms with Gasteiger partial charge >= 0.3 is 5.97 Å². The Morgan fingerprint density at radius 2 is 1.91 bits per heavy atom. The van der Waals surface area contributed by atoms with Crippen LogP contribution in [-0.2, 0) is 4.79 Å². The Balaban J connectivity index is 2.08. The summed E-state index contributed by atoms with van der Waals surface area (Å²) in [6.07, 6.45) is 0. The van der Waals surface area contributed by atoms with Gasteiger partial charge in [0.15, 0.2) is 0 Å². The minimum Gasteiger partial charge on any atom is -0.480 e. The molecule has 11 heavy (non-hydrogen) atoms. The molecule has 2 bridgehead atoms. The Labute approximate surface area is 65.4 Å². The zero-order chi connectivity index (χ0) is 7.84. The van der Waals surface area contributed by atoms with Crippen molar-refractivity contribution in [3.63, 3.8) is 0 Å². The van der Waals surface area contributed by atoms with Crippen molar-refractivity contribution >= 4 is 5.97 Å². The van der Waals surface area contributed by atoms with Gasteiger partial charge in [-0.05, 0) is 0 Å². The molecule has 3 saturated heterocycles. The van der Waals surface area contributed by atoms with Crippen molar-refractivity contribution in [2.75, 3.05) is 32.7 Å². The van der Waals surface area contributed by atoms with E-state index in [0.717, 1.165) is 32.7 Å². The normalized spacial score (nSPS) is 42.4. The predicted octanol–water partition coefficient (Wildman–Crippen LogP) is -0.929. The second-order valence-corrected chi connectivity index (χ2v) is 3.19. The third-order valence-corrected chi connectivity index (χ3v) is 2.56. The van der Waals surface area contributed by atoms with E-state index in [-0.39, 0.29) is 6.04 Å². The van der Waals surface area contributed by atoms with E-state index in [1.54, 1.807) is 0 Å². The maximum absolute atomic E-state index is 10.7. The second kappa shape index (κ2) is 2.46. The first-order chi connectivity index (χ1) is 5.27. The highest BCUT2D eigenvalue weighted by Crippen LogP contribution is 2.15. The van der Waals surface area contributed by atoms with Crippen molar-refractivity contribution in [1.29, 1.82) is 0 Å². The van der Waals surface area contributed by atoms with Gasteiger partial charge in [-0.1, -0.05) is 0 Å². The molecule has 0 aromatic carbocycles. The fraction of sp³-hybridized carbons (Fsp3) is 0.857. The molecule has 3 aliphatic rings. The highest BCUT2D eigenvalue weighted by atomic mass is 16.4. The van der Waals surface area contributed by atoms with E-state index in [1.165, 1.54) is 0 Å². The lowest BCUT2D eigenvalue weighted by molar-refractivity contribution is -0.148. The van der Waals surface area contributed by atoms with Gasteiger partial charge in [0, 0.05) is 32.7 Å². The maximum atomic E-state index is 10.7. The number of hydrogen-bond acceptors (Lipinski definition) is 3. The molecule has 3 heterocycles. The van der Waals surface area contributed by atoms with Crippen LogP contribution in [0.4, 0.5) is 0 Å². The van der Waals surface area contributed by atoms with Crippen LogP contribution >= 0.6 is 0 Å². The summed E-state index contributed by atoms with van der Waals surface area (Å²) < 4.78 is 0. The Morgan fingerprint density at radius 1 is 1.27 bits per heavy atom. The first kappa shape index (κ1) is 7.06. The van der Waals surface area contributed by atoms with Crippen LogP contribution in [0.15, 0.2) is 0 Å². The number of carboxylic acids is 1. The van der Waals surface area contributed by atoms with Crippen molar-refractivity contribution in [1.82, 2.24) is 9.80 Å². The van der Waals surface area contributed by atoms with E-state index in [4.69, 9.17) is 5.11 Å². The van der Waals surface area contributed by atoms with Crippen LogP contribution in [0.3, 0.4) is 0 Å². The lowest BCUT2D eigenvalue weighted by Crippen LogP contribution is -2.63. The van der Waals surface area contributed by atoms with E-state index in [9.17, 15) is 4.79 Å². The molecule has 1 atom stereocenters. The van der Waals surface area contributed by atoms with Crippen LogP contribution in [0.5, 0.6) is 0 Å². The number of fused-ring (bicyclic) bond motifs is 3. The molecule has 0 aliphatic carbocycles. The summed E-state index contributed by atoms with van der Waals surface area (Å²) in [7, 11) is 0. The topological polar surface area (TPSA) is 43.8 Å². The van der Waals surface area contributed by atoms with Gasteiger partial charge in [-0.2, -0.15) is 0 Å². The van der Waals surface area contributed by atoms with Crippen molar-refractivity contribution in [2.45, 2.75) is 6.04 Å². The zero-order valence-electron chi connectivity index (χ0n) is 6.36. The van der Waals surface area contributed by atoms with Crippen LogP contribution in [-0.4, -0.2) is 59.6 Å². The second-order valence-electron chi connectivity index (χ2n) is 3.19. The van der Waals surface area contributed by atoms with Gasteiger partial charge < -0.3 is 5.11 Å². The highest BCUT2D eigenvalue weighted by molar-refractivity contribution is 5.74. The minimum absolute atomic E-state index is 0.238. The third kappa shape index (κ3) is 1.12. The maximum Gasteiger partial charge on any atom is 0.322 e. The molecular weight excluding hydrogens is 144 g/mol. The van der Waals surface area contributed by atoms with E-state index in [0.29, 0.717) is 0 Å². The molecule has 1 N–H and O–H groups in total. The monoisotopic (exact) mass is 156 g/mol. The summed E-state index contributed by atoms with van der Waals surface area (Å²) in [5, 5.41) is 8.79. The van der Waals surface area contributed by atoms with Crippen LogP contribution in [0, 0.1) is 0 Å². The SMILES string of the molecule is O=C(O)[C@@H]1CN2CCN1CC2. The average molecular weight is 156 g/mol. The number of carbonyl (C=O) groups is 1. The first-order valence-corrected chi connectivity index (χ1v) is 3.96. The van der Waals surface area contributed by atoms with Gasteiger partial charge in [0.1, 0.15) is 6.04 Å². The molecular formula is C7H12N2O2. The van der Waals surface area contributed by atoms with Crippen LogP contribution in [0.1, 0.15) is 0 Å². The molecule has 0 saturated carbocycles. The number of nitrogens with zero attached hydrogens (tertiary/aromatic N) is 2. The van der Waals surface area contributed by atoms with Gasteiger partial charge in [0.2, 0.25) is 0 Å². The zero-order valence-corrected chi connectivity index (χ0v) is 6.36. The molecule has 0 spiro atoms. The fourth-order valence-corrected chi connectivity index (χ4v) is 1.85. The summed E-state index contributed by atoms with van der Waals surface area (Å²) in [5.41, 5.74) is 0. The van der Waals surface area contributed by atoms with Crippen LogP contribution in [0.2, 0.25) is 0 Å². The largest absolute Gasteiger partial charge is 0.480 e. The number of rotatable bonds is 1. The average Bonchev–Trinajstić information content (AvgIpc) is 2.06. The number of piperazine rings is 3. The van der Waals surface area contributed by atoms with Crippen molar-refractivity contribution < 1.29 is 9.90 Å². The minimum atomic E-state index is -0.672. The van der Waals surface area contributed by atoms with Gasteiger partial charge in [-0.3, -0.25) is 14.6 Å². The molecule has 4 heteroatoms. The molecule has 0 aromatic rings. The summed E-state index contributed by atoms with van der Waals surface area (Å²) in [5.74, 6) is -0.672. The van der Waals surface area contributed by atoms with E-state index < -0.39 is 5.97 Å². The number of carboxylic acid groups (broad SMARTS) is 1. The lowest BCUT2D eigenvalue weighted by Gasteiger charge is -2.45. The molecule has 3 fully saturated rings. The van der Waals surface area contributed by atoms with Crippen molar-refractivity contribution in [3.8, 4) is 0 Å². The Bertz CT molecular complexity index is 175. The summed E-state index contributed by atoms with van der Waals surface area (Å²) in [4.78, 5) is 15.0. The molecule has 0 aromatic heterocycles. The third-order valence-electron chi connectivity index (χ3n) is 2.56. The van der Waals surface area contributed by atoms with Gasteiger partial charge in [0.05, 0.1) is 0 Å². The fourth-order valence-electron chi connectivity index (χ4n) is 1.85. The highest BCUT2D eigenvalue weighted by Gasteiger charge is 2.35. The predicted molar refractivity (Wildman–Crippen MR) is 39.4 cm³/mol. The Hall–Kier alpha value is -0.610. The molecule has 4 nitrogen and oxygen atoms in total. The van der Waals surface area contributed by atoms with Crippen LogP contribution < -0.4 is 0 Å². The van der Waals surface area contributed by atoms with Crippen molar-refractivity contribution in [2.24, 2.45) is 0 Å². The van der Waals surface area contributed by atoms with E-state index >= 15 is 0 Å². The first-order valence-electron chi connectivity index (χ1n) is 3.96. The van der Waals surface area contributed by atoms with E-state index in [1.807, 2.05) is 0 Å². The Morgan fingerprint density at radius 3 is 2.18 bits per heavy atom. The molecule has 0 unspecified atom stereocenters. The summed E-state index contributed by atoms with van der Waals surface area (Å²) >= 11 is 0. The van der Waals surface area contributed by atoms with Gasteiger partial charge in [0.25, 0.3) is 0 Å². The van der Waals surface area contributed by atoms with E-state index in [2.05, 4.69) is 9.80 Å². The lowest BCUT2D eigenvalue weighted by atomic mass is 10.1.